The summed E-state index contributed by atoms with van der Waals surface area (Å²) in [7, 11) is 0. The molecule has 0 atom stereocenters. The molecule has 2 aromatic rings. The fraction of sp³-hybridized carbons (Fsp3) is 0.167. The van der Waals surface area contributed by atoms with E-state index in [1.807, 2.05) is 12.1 Å². The van der Waals surface area contributed by atoms with Gasteiger partial charge < -0.3 is 4.74 Å². The third kappa shape index (κ3) is 3.44. The normalized spacial score (nSPS) is 10.5. The number of rotatable bonds is 4. The smallest absolute Gasteiger partial charge is 0.165 e. The topological polar surface area (TPSA) is 9.23 Å². The van der Waals surface area contributed by atoms with E-state index in [1.165, 1.54) is 17.4 Å². The van der Waals surface area contributed by atoms with Crippen LogP contribution in [-0.2, 0) is 11.9 Å². The highest BCUT2D eigenvalue weighted by atomic mass is 79.9. The van der Waals surface area contributed by atoms with E-state index in [1.54, 1.807) is 12.1 Å². The van der Waals surface area contributed by atoms with Gasteiger partial charge >= 0.3 is 0 Å². The number of halogens is 3. The van der Waals surface area contributed by atoms with E-state index < -0.39 is 0 Å². The minimum atomic E-state index is -0.343. The molecule has 17 heavy (non-hydrogen) atoms. The maximum atomic E-state index is 13.6. The highest BCUT2D eigenvalue weighted by Gasteiger charge is 2.05. The lowest BCUT2D eigenvalue weighted by atomic mass is 10.2. The number of ether oxygens (including phenoxy) is 1. The van der Waals surface area contributed by atoms with Crippen molar-refractivity contribution in [3.8, 4) is 5.75 Å². The Balaban J connectivity index is 2.04. The number of benzene rings is 1. The Morgan fingerprint density at radius 2 is 2.12 bits per heavy atom. The van der Waals surface area contributed by atoms with Crippen molar-refractivity contribution in [3.63, 3.8) is 0 Å². The second kappa shape index (κ2) is 5.85. The molecular weight excluding hydrogens is 327 g/mol. The Labute approximate surface area is 116 Å². The van der Waals surface area contributed by atoms with Gasteiger partial charge in [-0.3, -0.25) is 0 Å². The van der Waals surface area contributed by atoms with Crippen LogP contribution in [-0.4, -0.2) is 0 Å². The minimum Gasteiger partial charge on any atom is -0.485 e. The van der Waals surface area contributed by atoms with E-state index in [2.05, 4.69) is 15.9 Å². The van der Waals surface area contributed by atoms with Gasteiger partial charge in [-0.2, -0.15) is 0 Å². The number of hydrogen-bond acceptors (Lipinski definition) is 2. The van der Waals surface area contributed by atoms with Gasteiger partial charge in [0.15, 0.2) is 11.6 Å². The predicted octanol–water partition coefficient (Wildman–Crippen LogP) is 5.01. The third-order valence-corrected chi connectivity index (χ3v) is 4.00. The Kier molecular flexibility index (Phi) is 4.42. The highest BCUT2D eigenvalue weighted by molar-refractivity contribution is 9.08. The maximum absolute atomic E-state index is 13.6. The Morgan fingerprint density at radius 1 is 1.29 bits per heavy atom. The van der Waals surface area contributed by atoms with E-state index in [-0.39, 0.29) is 11.6 Å². The second-order valence-corrected chi connectivity index (χ2v) is 5.75. The van der Waals surface area contributed by atoms with Crippen LogP contribution >= 0.6 is 38.9 Å². The number of thiophene rings is 1. The molecule has 0 aliphatic carbocycles. The van der Waals surface area contributed by atoms with E-state index in [4.69, 9.17) is 16.3 Å². The summed E-state index contributed by atoms with van der Waals surface area (Å²) in [5.41, 5.74) is 0.883. The molecular formula is C12H9BrClFOS. The van der Waals surface area contributed by atoms with Crippen molar-refractivity contribution in [2.75, 3.05) is 0 Å². The first-order chi connectivity index (χ1) is 8.19. The SMILES string of the molecule is Fc1cc(CBr)ccc1OCc1ccc(Cl)s1. The fourth-order valence-corrected chi connectivity index (χ4v) is 2.67. The Hall–Kier alpha value is -0.580. The first kappa shape index (κ1) is 12.9. The molecule has 1 aromatic carbocycles. The van der Waals surface area contributed by atoms with Crippen molar-refractivity contribution in [3.05, 3.63) is 50.9 Å². The van der Waals surface area contributed by atoms with E-state index in [9.17, 15) is 4.39 Å². The van der Waals surface area contributed by atoms with Crippen molar-refractivity contribution in [1.29, 1.82) is 0 Å². The van der Waals surface area contributed by atoms with Crippen molar-refractivity contribution < 1.29 is 9.13 Å². The van der Waals surface area contributed by atoms with Crippen LogP contribution < -0.4 is 4.74 Å². The van der Waals surface area contributed by atoms with Crippen LogP contribution in [0.3, 0.4) is 0 Å². The summed E-state index contributed by atoms with van der Waals surface area (Å²) in [6.45, 7) is 0.335. The maximum Gasteiger partial charge on any atom is 0.165 e. The standard InChI is InChI=1S/C12H9BrClFOS/c13-6-8-1-3-11(10(15)5-8)16-7-9-2-4-12(14)17-9/h1-5H,6-7H2. The van der Waals surface area contributed by atoms with Gasteiger partial charge in [-0.25, -0.2) is 4.39 Å². The molecule has 0 fully saturated rings. The molecule has 0 bridgehead atoms. The van der Waals surface area contributed by atoms with Crippen molar-refractivity contribution >= 4 is 38.9 Å². The molecule has 5 heteroatoms. The number of hydrogen-bond donors (Lipinski definition) is 0. The molecule has 0 spiro atoms. The summed E-state index contributed by atoms with van der Waals surface area (Å²) in [4.78, 5) is 0.971. The molecule has 0 saturated carbocycles. The summed E-state index contributed by atoms with van der Waals surface area (Å²) >= 11 is 10.5. The molecule has 0 aliphatic rings. The Morgan fingerprint density at radius 3 is 2.71 bits per heavy atom. The molecule has 0 N–H and O–H groups in total. The zero-order valence-electron chi connectivity index (χ0n) is 8.75. The van der Waals surface area contributed by atoms with Gasteiger partial charge in [-0.1, -0.05) is 33.6 Å². The molecule has 0 aliphatic heterocycles. The van der Waals surface area contributed by atoms with Gasteiger partial charge in [-0.05, 0) is 29.8 Å². The van der Waals surface area contributed by atoms with E-state index >= 15 is 0 Å². The summed E-state index contributed by atoms with van der Waals surface area (Å²) in [5, 5.41) is 0.630. The predicted molar refractivity (Wildman–Crippen MR) is 72.7 cm³/mol. The molecule has 1 heterocycles. The lowest BCUT2D eigenvalue weighted by Gasteiger charge is -2.06. The van der Waals surface area contributed by atoms with Gasteiger partial charge in [0.1, 0.15) is 6.61 Å². The fourth-order valence-electron chi connectivity index (χ4n) is 1.32. The van der Waals surface area contributed by atoms with Crippen LogP contribution in [0.15, 0.2) is 30.3 Å². The molecule has 0 amide bonds. The zero-order valence-corrected chi connectivity index (χ0v) is 11.9. The monoisotopic (exact) mass is 334 g/mol. The lowest BCUT2D eigenvalue weighted by molar-refractivity contribution is 0.293. The zero-order chi connectivity index (χ0) is 12.3. The minimum absolute atomic E-state index is 0.263. The summed E-state index contributed by atoms with van der Waals surface area (Å²) in [6, 6.07) is 8.61. The molecule has 0 unspecified atom stereocenters. The molecule has 0 radical (unpaired) electrons. The van der Waals surface area contributed by atoms with E-state index in [0.717, 1.165) is 10.4 Å². The summed E-state index contributed by atoms with van der Waals surface area (Å²) < 4.78 is 19.7. The van der Waals surface area contributed by atoms with Gasteiger partial charge in [0, 0.05) is 10.2 Å². The third-order valence-electron chi connectivity index (χ3n) is 2.15. The highest BCUT2D eigenvalue weighted by Crippen LogP contribution is 2.25. The molecule has 0 saturated heterocycles. The first-order valence-electron chi connectivity index (χ1n) is 4.90. The average molecular weight is 336 g/mol. The van der Waals surface area contributed by atoms with Crippen LogP contribution in [0, 0.1) is 5.82 Å². The quantitative estimate of drug-likeness (QED) is 0.713. The average Bonchev–Trinajstić information content (AvgIpc) is 2.73. The van der Waals surface area contributed by atoms with Crippen molar-refractivity contribution in [2.24, 2.45) is 0 Å². The van der Waals surface area contributed by atoms with Crippen LogP contribution in [0.25, 0.3) is 0 Å². The van der Waals surface area contributed by atoms with Gasteiger partial charge in [0.05, 0.1) is 4.34 Å². The molecule has 1 aromatic heterocycles. The summed E-state index contributed by atoms with van der Waals surface area (Å²) in [5.74, 6) is -0.0798. The summed E-state index contributed by atoms with van der Waals surface area (Å²) in [6.07, 6.45) is 0. The largest absolute Gasteiger partial charge is 0.485 e. The first-order valence-corrected chi connectivity index (χ1v) is 7.22. The second-order valence-electron chi connectivity index (χ2n) is 3.39. The van der Waals surface area contributed by atoms with Gasteiger partial charge in [-0.15, -0.1) is 11.3 Å². The lowest BCUT2D eigenvalue weighted by Crippen LogP contribution is -1.96. The van der Waals surface area contributed by atoms with Crippen LogP contribution in [0.1, 0.15) is 10.4 Å². The molecule has 90 valence electrons. The molecule has 1 nitrogen and oxygen atoms in total. The number of alkyl halides is 1. The van der Waals surface area contributed by atoms with Gasteiger partial charge in [0.25, 0.3) is 0 Å². The van der Waals surface area contributed by atoms with E-state index in [0.29, 0.717) is 16.3 Å². The van der Waals surface area contributed by atoms with Crippen LogP contribution in [0.5, 0.6) is 5.75 Å². The van der Waals surface area contributed by atoms with Crippen LogP contribution in [0.4, 0.5) is 4.39 Å². The van der Waals surface area contributed by atoms with Crippen molar-refractivity contribution in [1.82, 2.24) is 0 Å². The Bertz CT molecular complexity index is 515. The molecule has 2 rings (SSSR count). The van der Waals surface area contributed by atoms with Crippen molar-refractivity contribution in [2.45, 2.75) is 11.9 Å². The van der Waals surface area contributed by atoms with Crippen LogP contribution in [0.2, 0.25) is 4.34 Å². The van der Waals surface area contributed by atoms with Gasteiger partial charge in [0.2, 0.25) is 0 Å².